The van der Waals surface area contributed by atoms with E-state index in [0.29, 0.717) is 23.6 Å². The van der Waals surface area contributed by atoms with Gasteiger partial charge in [-0.05, 0) is 48.2 Å². The molecule has 2 aromatic rings. The van der Waals surface area contributed by atoms with E-state index in [4.69, 9.17) is 35.3 Å². The van der Waals surface area contributed by atoms with Crippen LogP contribution in [0.3, 0.4) is 0 Å². The predicted molar refractivity (Wildman–Crippen MR) is 133 cm³/mol. The lowest BCUT2D eigenvalue weighted by Crippen LogP contribution is -2.55. The van der Waals surface area contributed by atoms with Gasteiger partial charge in [0.25, 0.3) is 0 Å². The van der Waals surface area contributed by atoms with Crippen LogP contribution in [0.25, 0.3) is 0 Å². The lowest BCUT2D eigenvalue weighted by molar-refractivity contribution is -0.283. The second-order valence-corrected chi connectivity index (χ2v) is 9.08. The number of halogens is 1. The normalized spacial score (nSPS) is 23.2. The maximum atomic E-state index is 12.0. The molecule has 1 saturated heterocycles. The number of benzene rings is 2. The summed E-state index contributed by atoms with van der Waals surface area (Å²) in [6.45, 7) is 4.91. The van der Waals surface area contributed by atoms with E-state index in [2.05, 4.69) is 0 Å². The summed E-state index contributed by atoms with van der Waals surface area (Å²) >= 11 is 6.51. The van der Waals surface area contributed by atoms with Crippen molar-refractivity contribution in [2.75, 3.05) is 13.7 Å². The molecule has 200 valence electrons. The minimum atomic E-state index is -1.14. The van der Waals surface area contributed by atoms with Crippen molar-refractivity contribution in [2.45, 2.75) is 58.2 Å². The molecule has 0 unspecified atom stereocenters. The third-order valence-electron chi connectivity index (χ3n) is 5.95. The lowest BCUT2D eigenvalue weighted by atomic mass is 9.85. The number of carboxylic acid groups (broad SMARTS) is 1. The van der Waals surface area contributed by atoms with Crippen molar-refractivity contribution in [1.29, 1.82) is 0 Å². The topological polar surface area (TPSA) is 118 Å². The Bertz CT molecular complexity index is 1100. The smallest absolute Gasteiger partial charge is 0.303 e. The van der Waals surface area contributed by atoms with Gasteiger partial charge in [-0.1, -0.05) is 35.9 Å². The lowest BCUT2D eigenvalue weighted by Gasteiger charge is -2.44. The second-order valence-electron chi connectivity index (χ2n) is 8.68. The fraction of sp³-hybridized carbons (Fsp3) is 0.444. The summed E-state index contributed by atoms with van der Waals surface area (Å²) in [5, 5.41) is 9.98. The number of carbonyl (C=O) groups excluding carboxylic acids is 2. The van der Waals surface area contributed by atoms with Crippen molar-refractivity contribution in [2.24, 2.45) is 5.92 Å². The molecule has 2 aromatic carbocycles. The van der Waals surface area contributed by atoms with Gasteiger partial charge in [-0.15, -0.1) is 0 Å². The van der Waals surface area contributed by atoms with Crippen molar-refractivity contribution in [3.05, 3.63) is 64.2 Å². The van der Waals surface area contributed by atoms with Gasteiger partial charge in [-0.3, -0.25) is 14.4 Å². The molecule has 0 bridgehead atoms. The summed E-state index contributed by atoms with van der Waals surface area (Å²) in [7, 11) is 1.37. The molecule has 1 aliphatic heterocycles. The first-order valence-corrected chi connectivity index (χ1v) is 12.2. The van der Waals surface area contributed by atoms with Crippen LogP contribution in [0.1, 0.15) is 50.0 Å². The number of hydrogen-bond acceptors (Lipinski definition) is 8. The molecule has 0 amide bonds. The highest BCUT2D eigenvalue weighted by Crippen LogP contribution is 2.41. The number of aliphatic carboxylic acids is 1. The van der Waals surface area contributed by atoms with Crippen LogP contribution in [0.5, 0.6) is 5.75 Å². The molecular formula is C27H31ClO9. The molecule has 9 nitrogen and oxygen atoms in total. The molecule has 0 aromatic heterocycles. The summed E-state index contributed by atoms with van der Waals surface area (Å²) in [6.07, 6.45) is -4.11. The Morgan fingerprint density at radius 2 is 1.65 bits per heavy atom. The Labute approximate surface area is 220 Å². The van der Waals surface area contributed by atoms with Gasteiger partial charge in [-0.2, -0.15) is 0 Å². The molecule has 1 heterocycles. The van der Waals surface area contributed by atoms with E-state index in [9.17, 15) is 19.5 Å². The van der Waals surface area contributed by atoms with Crippen LogP contribution in [0.4, 0.5) is 0 Å². The van der Waals surface area contributed by atoms with Crippen LogP contribution in [0.2, 0.25) is 5.02 Å². The van der Waals surface area contributed by atoms with Gasteiger partial charge in [0.15, 0.2) is 12.4 Å². The fourth-order valence-corrected chi connectivity index (χ4v) is 4.65. The molecule has 1 fully saturated rings. The Morgan fingerprint density at radius 3 is 2.22 bits per heavy atom. The van der Waals surface area contributed by atoms with Gasteiger partial charge in [0.2, 0.25) is 0 Å². The van der Waals surface area contributed by atoms with Crippen molar-refractivity contribution in [3.8, 4) is 5.75 Å². The summed E-state index contributed by atoms with van der Waals surface area (Å²) in [4.78, 5) is 35.6. The van der Waals surface area contributed by atoms with E-state index in [1.54, 1.807) is 12.1 Å². The Kier molecular flexibility index (Phi) is 9.91. The van der Waals surface area contributed by atoms with Crippen LogP contribution < -0.4 is 4.74 Å². The van der Waals surface area contributed by atoms with E-state index in [-0.39, 0.29) is 0 Å². The molecule has 0 radical (unpaired) electrons. The zero-order valence-electron chi connectivity index (χ0n) is 21.1. The number of hydrogen-bond donors (Lipinski definition) is 1. The highest BCUT2D eigenvalue weighted by Gasteiger charge is 2.51. The van der Waals surface area contributed by atoms with Gasteiger partial charge in [-0.25, -0.2) is 0 Å². The fourth-order valence-electron chi connectivity index (χ4n) is 4.47. The minimum Gasteiger partial charge on any atom is -0.494 e. The molecule has 37 heavy (non-hydrogen) atoms. The van der Waals surface area contributed by atoms with Crippen LogP contribution in [0.15, 0.2) is 42.5 Å². The molecule has 10 heteroatoms. The minimum absolute atomic E-state index is 0.426. The Morgan fingerprint density at radius 1 is 1.00 bits per heavy atom. The van der Waals surface area contributed by atoms with Crippen LogP contribution in [-0.2, 0) is 39.8 Å². The summed E-state index contributed by atoms with van der Waals surface area (Å²) in [5.74, 6) is -2.58. The molecule has 3 rings (SSSR count). The summed E-state index contributed by atoms with van der Waals surface area (Å²) in [5.41, 5.74) is 2.39. The van der Waals surface area contributed by atoms with E-state index < -0.39 is 54.8 Å². The molecule has 5 atom stereocenters. The quantitative estimate of drug-likeness (QED) is 0.444. The van der Waals surface area contributed by atoms with Crippen LogP contribution in [0, 0.1) is 5.92 Å². The molecule has 0 saturated carbocycles. The van der Waals surface area contributed by atoms with Crippen LogP contribution >= 0.6 is 11.6 Å². The summed E-state index contributed by atoms with van der Waals surface area (Å²) < 4.78 is 28.2. The number of rotatable bonds is 10. The third-order valence-corrected chi connectivity index (χ3v) is 6.32. The van der Waals surface area contributed by atoms with E-state index in [1.807, 2.05) is 37.3 Å². The van der Waals surface area contributed by atoms with E-state index in [1.165, 1.54) is 21.0 Å². The standard InChI is InChI=1S/C27H31ClO9/c1-5-34-20-9-6-17(7-10-20)12-19-13-18(8-11-22(19)28)24-26(36-16(3)30)25(35-15(2)29)21(14-23(31)32)27(33-4)37-24/h6-11,13,21,24-27H,5,12,14H2,1-4H3,(H,31,32)/t21-,24-,25+,26+,27-/m0/s1. The van der Waals surface area contributed by atoms with Gasteiger partial charge in [0, 0.05) is 26.0 Å². The number of carbonyl (C=O) groups is 3. The average Bonchev–Trinajstić information content (AvgIpc) is 2.83. The highest BCUT2D eigenvalue weighted by molar-refractivity contribution is 6.31. The first-order chi connectivity index (χ1) is 17.6. The second kappa shape index (κ2) is 12.9. The van der Waals surface area contributed by atoms with Crippen LogP contribution in [-0.4, -0.2) is 55.2 Å². The first-order valence-electron chi connectivity index (χ1n) is 11.9. The van der Waals surface area contributed by atoms with Crippen molar-refractivity contribution >= 4 is 29.5 Å². The number of ether oxygens (including phenoxy) is 5. The Hall–Kier alpha value is -3.14. The van der Waals surface area contributed by atoms with Crippen molar-refractivity contribution in [3.63, 3.8) is 0 Å². The Balaban J connectivity index is 1.99. The predicted octanol–water partition coefficient (Wildman–Crippen LogP) is 4.33. The highest BCUT2D eigenvalue weighted by atomic mass is 35.5. The SMILES string of the molecule is CCOc1ccc(Cc2cc([C@@H]3O[C@H](OC)[C@@H](CC(=O)O)[C@@H](OC(C)=O)[C@@H]3OC(C)=O)ccc2Cl)cc1. The largest absolute Gasteiger partial charge is 0.494 e. The van der Waals surface area contributed by atoms with Gasteiger partial charge >= 0.3 is 17.9 Å². The molecular weight excluding hydrogens is 504 g/mol. The first kappa shape index (κ1) is 28.4. The van der Waals surface area contributed by atoms with Crippen molar-refractivity contribution in [1.82, 2.24) is 0 Å². The van der Waals surface area contributed by atoms with E-state index in [0.717, 1.165) is 16.9 Å². The molecule has 1 N–H and O–H groups in total. The van der Waals surface area contributed by atoms with E-state index >= 15 is 0 Å². The monoisotopic (exact) mass is 534 g/mol. The number of carboxylic acids is 1. The average molecular weight is 535 g/mol. The van der Waals surface area contributed by atoms with Crippen molar-refractivity contribution < 1.29 is 43.2 Å². The van der Waals surface area contributed by atoms with Gasteiger partial charge in [0.05, 0.1) is 18.9 Å². The summed E-state index contributed by atoms with van der Waals surface area (Å²) in [6, 6.07) is 12.9. The number of esters is 2. The molecule has 0 spiro atoms. The zero-order valence-corrected chi connectivity index (χ0v) is 21.9. The number of methoxy groups -OCH3 is 1. The molecule has 0 aliphatic carbocycles. The third kappa shape index (κ3) is 7.44. The van der Waals surface area contributed by atoms with Gasteiger partial charge < -0.3 is 28.8 Å². The zero-order chi connectivity index (χ0) is 27.1. The molecule has 1 aliphatic rings. The maximum Gasteiger partial charge on any atom is 0.303 e. The van der Waals surface area contributed by atoms with Gasteiger partial charge in [0.1, 0.15) is 18.0 Å². The maximum absolute atomic E-state index is 12.0.